The van der Waals surface area contributed by atoms with Gasteiger partial charge in [0.25, 0.3) is 5.91 Å². The molecule has 31 heavy (non-hydrogen) atoms. The number of carbonyl (C=O) groups excluding carboxylic acids is 1. The molecule has 5 aromatic rings. The van der Waals surface area contributed by atoms with Crippen molar-refractivity contribution in [2.24, 2.45) is 0 Å². The number of rotatable bonds is 6. The van der Waals surface area contributed by atoms with Crippen LogP contribution < -0.4 is 10.6 Å². The van der Waals surface area contributed by atoms with Crippen LogP contribution in [0.25, 0.3) is 22.7 Å². The molecule has 0 unspecified atom stereocenters. The summed E-state index contributed by atoms with van der Waals surface area (Å²) in [6, 6.07) is 2.79. The molecule has 3 N–H and O–H groups in total. The second-order valence-electron chi connectivity index (χ2n) is 6.41. The molecule has 1 amide bonds. The molecule has 0 bridgehead atoms. The van der Waals surface area contributed by atoms with Crippen molar-refractivity contribution in [1.29, 1.82) is 0 Å². The van der Waals surface area contributed by atoms with Gasteiger partial charge in [-0.15, -0.1) is 11.3 Å². The summed E-state index contributed by atoms with van der Waals surface area (Å²) in [5.41, 5.74) is 1.92. The molecule has 0 aromatic carbocycles. The van der Waals surface area contributed by atoms with Crippen molar-refractivity contribution in [2.75, 3.05) is 5.32 Å². The first-order valence-corrected chi connectivity index (χ1v) is 9.96. The van der Waals surface area contributed by atoms with Gasteiger partial charge in [0.1, 0.15) is 35.4 Å². The predicted molar refractivity (Wildman–Crippen MR) is 117 cm³/mol. The van der Waals surface area contributed by atoms with Crippen LogP contribution in [0.15, 0.2) is 47.1 Å². The number of aromatic nitrogens is 8. The lowest BCUT2D eigenvalue weighted by molar-refractivity contribution is 0.0928. The van der Waals surface area contributed by atoms with Crippen molar-refractivity contribution in [2.45, 2.75) is 13.0 Å². The van der Waals surface area contributed by atoms with Crippen molar-refractivity contribution < 1.29 is 13.6 Å². The van der Waals surface area contributed by atoms with Crippen molar-refractivity contribution in [3.63, 3.8) is 0 Å². The maximum atomic E-state index is 12.6. The first-order chi connectivity index (χ1) is 15.2. The molecular weight excluding hydrogens is 420 g/mol. The Bertz CT molecular complexity index is 1330. The van der Waals surface area contributed by atoms with E-state index in [1.807, 2.05) is 5.38 Å². The van der Waals surface area contributed by atoms with Crippen LogP contribution in [0.3, 0.4) is 0 Å². The fourth-order valence-electron chi connectivity index (χ4n) is 2.77. The average molecular weight is 440 g/mol. The molecule has 5 heterocycles. The maximum absolute atomic E-state index is 12.6. The van der Waals surface area contributed by atoms with E-state index in [1.54, 1.807) is 31.5 Å². The molecule has 0 aliphatic rings. The number of carbonyl (C=O) groups is 1. The summed E-state index contributed by atoms with van der Waals surface area (Å²) in [4.78, 5) is 40.4. The summed E-state index contributed by atoms with van der Waals surface area (Å²) >= 11 is 1.42. The van der Waals surface area contributed by atoms with E-state index in [0.29, 0.717) is 39.4 Å². The number of anilines is 2. The monoisotopic (exact) mass is 440 g/mol. The Labute approximate surface area is 182 Å². The standard InChI is InChI=1S/C18H14N10O2S.3H2/c1-9(13-4-10(28-30-13)16-25-12-6-19-7-23-15(12)27-16)24-17(29)11-5-14(22-8-21-11)26-18-20-2-3-31-18;;;/h2-9H,1H3,(H,24,29)(H,19,23,25,27)(H,20,21,22,26);3*1H/t9-;;;/m1.../s1. The molecule has 13 heteroatoms. The molecule has 0 aliphatic heterocycles. The number of hydrogen-bond donors (Lipinski definition) is 3. The molecule has 0 saturated heterocycles. The summed E-state index contributed by atoms with van der Waals surface area (Å²) in [6.07, 6.45) is 6.03. The molecule has 0 spiro atoms. The Morgan fingerprint density at radius 3 is 3.00 bits per heavy atom. The molecular formula is C18H20N10O2S. The van der Waals surface area contributed by atoms with Crippen LogP contribution in [0.1, 0.15) is 33.5 Å². The van der Waals surface area contributed by atoms with Crippen LogP contribution in [-0.2, 0) is 0 Å². The number of H-pyrrole nitrogens is 1. The van der Waals surface area contributed by atoms with Gasteiger partial charge in [-0.2, -0.15) is 0 Å². The van der Waals surface area contributed by atoms with Crippen molar-refractivity contribution in [1.82, 2.24) is 45.4 Å². The normalized spacial score (nSPS) is 12.0. The number of nitrogens with zero attached hydrogens (tertiary/aromatic N) is 7. The van der Waals surface area contributed by atoms with Gasteiger partial charge >= 0.3 is 0 Å². The Kier molecular flexibility index (Phi) is 4.76. The minimum absolute atomic E-state index is 0. The zero-order valence-electron chi connectivity index (χ0n) is 16.0. The van der Waals surface area contributed by atoms with Gasteiger partial charge in [0.2, 0.25) is 0 Å². The van der Waals surface area contributed by atoms with Gasteiger partial charge < -0.3 is 20.1 Å². The Morgan fingerprint density at radius 2 is 2.16 bits per heavy atom. The fourth-order valence-corrected chi connectivity index (χ4v) is 3.31. The number of amides is 1. The summed E-state index contributed by atoms with van der Waals surface area (Å²) < 4.78 is 5.39. The van der Waals surface area contributed by atoms with Gasteiger partial charge in [0.15, 0.2) is 22.4 Å². The predicted octanol–water partition coefficient (Wildman–Crippen LogP) is 3.23. The molecule has 0 aliphatic carbocycles. The zero-order valence-corrected chi connectivity index (χ0v) is 16.8. The lowest BCUT2D eigenvalue weighted by Gasteiger charge is -2.10. The van der Waals surface area contributed by atoms with Gasteiger partial charge in [-0.25, -0.2) is 29.9 Å². The van der Waals surface area contributed by atoms with Crippen LogP contribution in [0.4, 0.5) is 10.9 Å². The molecule has 0 radical (unpaired) electrons. The molecule has 1 atom stereocenters. The number of imidazole rings is 1. The molecule has 0 fully saturated rings. The topological polar surface area (TPSA) is 160 Å². The largest absolute Gasteiger partial charge is 0.358 e. The van der Waals surface area contributed by atoms with Gasteiger partial charge in [-0.3, -0.25) is 4.79 Å². The second-order valence-corrected chi connectivity index (χ2v) is 7.30. The zero-order chi connectivity index (χ0) is 21.2. The van der Waals surface area contributed by atoms with Gasteiger partial charge in [0.05, 0.1) is 12.2 Å². The third kappa shape index (κ3) is 3.93. The van der Waals surface area contributed by atoms with E-state index in [-0.39, 0.29) is 15.9 Å². The summed E-state index contributed by atoms with van der Waals surface area (Å²) in [5, 5.41) is 12.4. The number of aromatic amines is 1. The minimum atomic E-state index is -0.455. The SMILES string of the molecule is C[C@@H](NC(=O)c1cc(Nc2nccs2)ncn1)c1cc(-c2nc3ncncc3[nH]2)no1.[HH].[HH].[HH]. The Morgan fingerprint density at radius 1 is 1.23 bits per heavy atom. The molecule has 0 saturated carbocycles. The third-order valence-corrected chi connectivity index (χ3v) is 4.96. The van der Waals surface area contributed by atoms with Gasteiger partial charge in [-0.1, -0.05) is 5.16 Å². The number of fused-ring (bicyclic) bond motifs is 1. The molecule has 12 nitrogen and oxygen atoms in total. The Hall–Kier alpha value is -4.26. The molecule has 5 aromatic heterocycles. The lowest BCUT2D eigenvalue weighted by atomic mass is 10.2. The molecule has 160 valence electrons. The van der Waals surface area contributed by atoms with E-state index in [2.05, 4.69) is 50.7 Å². The van der Waals surface area contributed by atoms with Crippen LogP contribution in [0, 0.1) is 0 Å². The lowest BCUT2D eigenvalue weighted by Crippen LogP contribution is -2.27. The second kappa shape index (κ2) is 7.87. The van der Waals surface area contributed by atoms with Crippen molar-refractivity contribution >= 4 is 39.4 Å². The van der Waals surface area contributed by atoms with Crippen LogP contribution in [-0.4, -0.2) is 46.0 Å². The summed E-state index contributed by atoms with van der Waals surface area (Å²) in [6.45, 7) is 1.78. The van der Waals surface area contributed by atoms with Gasteiger partial charge in [-0.05, 0) is 6.92 Å². The van der Waals surface area contributed by atoms with Crippen LogP contribution >= 0.6 is 11.3 Å². The summed E-state index contributed by atoms with van der Waals surface area (Å²) in [5.74, 6) is 1.05. The van der Waals surface area contributed by atoms with E-state index in [1.165, 1.54) is 24.0 Å². The first kappa shape index (κ1) is 18.7. The highest BCUT2D eigenvalue weighted by Crippen LogP contribution is 2.22. The highest BCUT2D eigenvalue weighted by atomic mass is 32.1. The number of nitrogens with one attached hydrogen (secondary N) is 3. The smallest absolute Gasteiger partial charge is 0.270 e. The van der Waals surface area contributed by atoms with E-state index >= 15 is 0 Å². The number of hydrogen-bond acceptors (Lipinski definition) is 11. The average Bonchev–Trinajstić information content (AvgIpc) is 3.53. The number of thiazole rings is 1. The third-order valence-electron chi connectivity index (χ3n) is 4.27. The van der Waals surface area contributed by atoms with Crippen LogP contribution in [0.5, 0.6) is 0 Å². The quantitative estimate of drug-likeness (QED) is 0.357. The van der Waals surface area contributed by atoms with Gasteiger partial charge in [0, 0.05) is 28.0 Å². The molecule has 5 rings (SSSR count). The van der Waals surface area contributed by atoms with Crippen LogP contribution in [0.2, 0.25) is 0 Å². The fraction of sp³-hybridized carbons (Fsp3) is 0.111. The van der Waals surface area contributed by atoms with E-state index in [4.69, 9.17) is 4.52 Å². The van der Waals surface area contributed by atoms with Crippen molar-refractivity contribution in [3.05, 3.63) is 54.0 Å². The Balaban J connectivity index is 0.00000136. The minimum Gasteiger partial charge on any atom is -0.358 e. The van der Waals surface area contributed by atoms with E-state index < -0.39 is 6.04 Å². The highest BCUT2D eigenvalue weighted by molar-refractivity contribution is 7.13. The van der Waals surface area contributed by atoms with E-state index in [0.717, 1.165) is 0 Å². The summed E-state index contributed by atoms with van der Waals surface area (Å²) in [7, 11) is 0. The maximum Gasteiger partial charge on any atom is 0.270 e. The van der Waals surface area contributed by atoms with Crippen molar-refractivity contribution in [3.8, 4) is 11.5 Å². The highest BCUT2D eigenvalue weighted by Gasteiger charge is 2.19. The first-order valence-electron chi connectivity index (χ1n) is 9.08. The van der Waals surface area contributed by atoms with E-state index in [9.17, 15) is 4.79 Å².